The molecule has 21 heavy (non-hydrogen) atoms. The van der Waals surface area contributed by atoms with Gasteiger partial charge in [-0.1, -0.05) is 17.7 Å². The smallest absolute Gasteiger partial charge is 0.138 e. The highest BCUT2D eigenvalue weighted by Gasteiger charge is 2.28. The van der Waals surface area contributed by atoms with E-state index >= 15 is 0 Å². The topological polar surface area (TPSA) is 44.3 Å². The first-order valence-electron chi connectivity index (χ1n) is 7.37. The minimum absolute atomic E-state index is 0.0226. The quantitative estimate of drug-likeness (QED) is 0.794. The number of nitrogens with one attached hydrogen (secondary N) is 1. The van der Waals surface area contributed by atoms with Crippen LogP contribution in [0.5, 0.6) is 5.75 Å². The summed E-state index contributed by atoms with van der Waals surface area (Å²) in [5.74, 6) is 1.41. The van der Waals surface area contributed by atoms with Crippen LogP contribution >= 0.6 is 11.6 Å². The van der Waals surface area contributed by atoms with Crippen LogP contribution in [0.4, 0.5) is 0 Å². The standard InChI is InChI=1S/C16H24ClNO2S/c1-11(18-21(19)16(2,3)4)13-7-8-14(17)15(9-13)20-10-12-5-6-12/h7-9,11-12,18H,5-6,10H2,1-4H3/t11?,21-/m0/s1. The van der Waals surface area contributed by atoms with Crippen LogP contribution in [-0.4, -0.2) is 15.9 Å². The highest BCUT2D eigenvalue weighted by Crippen LogP contribution is 2.33. The third-order valence-corrected chi connectivity index (χ3v) is 5.46. The minimum atomic E-state index is -1.10. The molecule has 0 spiro atoms. The zero-order valence-electron chi connectivity index (χ0n) is 13.1. The Hall–Kier alpha value is -0.420. The van der Waals surface area contributed by atoms with Gasteiger partial charge in [-0.2, -0.15) is 0 Å². The van der Waals surface area contributed by atoms with E-state index in [0.717, 1.165) is 17.9 Å². The Morgan fingerprint density at radius 1 is 1.43 bits per heavy atom. The fraction of sp³-hybridized carbons (Fsp3) is 0.625. The second-order valence-corrected chi connectivity index (χ2v) is 9.07. The van der Waals surface area contributed by atoms with E-state index in [2.05, 4.69) is 4.72 Å². The molecule has 0 amide bonds. The Morgan fingerprint density at radius 3 is 2.67 bits per heavy atom. The summed E-state index contributed by atoms with van der Waals surface area (Å²) < 4.78 is 20.8. The van der Waals surface area contributed by atoms with Gasteiger partial charge in [0, 0.05) is 11.4 Å². The minimum Gasteiger partial charge on any atom is -0.598 e. The van der Waals surface area contributed by atoms with Gasteiger partial charge in [-0.05, 0) is 64.2 Å². The van der Waals surface area contributed by atoms with E-state index in [-0.39, 0.29) is 10.8 Å². The summed E-state index contributed by atoms with van der Waals surface area (Å²) in [7, 11) is 0. The molecule has 2 atom stereocenters. The van der Waals surface area contributed by atoms with Gasteiger partial charge in [-0.25, -0.2) is 0 Å². The average molecular weight is 330 g/mol. The van der Waals surface area contributed by atoms with E-state index in [0.29, 0.717) is 10.9 Å². The van der Waals surface area contributed by atoms with Gasteiger partial charge in [-0.15, -0.1) is 4.72 Å². The predicted octanol–water partition coefficient (Wildman–Crippen LogP) is 4.24. The van der Waals surface area contributed by atoms with E-state index in [1.807, 2.05) is 45.9 Å². The Labute approximate surface area is 135 Å². The number of ether oxygens (including phenoxy) is 1. The zero-order chi connectivity index (χ0) is 15.6. The number of hydrogen-bond donors (Lipinski definition) is 1. The van der Waals surface area contributed by atoms with Gasteiger partial charge in [0.1, 0.15) is 10.5 Å². The zero-order valence-corrected chi connectivity index (χ0v) is 14.7. The Bertz CT molecular complexity index is 486. The normalized spacial score (nSPS) is 18.4. The molecular weight excluding hydrogens is 306 g/mol. The maximum atomic E-state index is 12.2. The van der Waals surface area contributed by atoms with Gasteiger partial charge in [-0.3, -0.25) is 0 Å². The molecule has 0 heterocycles. The van der Waals surface area contributed by atoms with Crippen molar-refractivity contribution in [3.8, 4) is 5.75 Å². The first-order chi connectivity index (χ1) is 9.77. The molecule has 1 fully saturated rings. The van der Waals surface area contributed by atoms with E-state index in [9.17, 15) is 4.55 Å². The van der Waals surface area contributed by atoms with Gasteiger partial charge >= 0.3 is 0 Å². The second-order valence-electron chi connectivity index (χ2n) is 6.66. The molecule has 1 aliphatic carbocycles. The summed E-state index contributed by atoms with van der Waals surface area (Å²) in [5.41, 5.74) is 1.03. The highest BCUT2D eigenvalue weighted by molar-refractivity contribution is 7.90. The third kappa shape index (κ3) is 5.06. The molecule has 0 radical (unpaired) electrons. The molecule has 5 heteroatoms. The summed E-state index contributed by atoms with van der Waals surface area (Å²) >= 11 is 5.07. The lowest BCUT2D eigenvalue weighted by atomic mass is 10.1. The molecule has 1 unspecified atom stereocenters. The highest BCUT2D eigenvalue weighted by atomic mass is 35.5. The Morgan fingerprint density at radius 2 is 2.10 bits per heavy atom. The van der Waals surface area contributed by atoms with Crippen LogP contribution in [0.15, 0.2) is 18.2 Å². The fourth-order valence-corrected chi connectivity index (χ4v) is 2.78. The van der Waals surface area contributed by atoms with Crippen molar-refractivity contribution in [3.63, 3.8) is 0 Å². The molecule has 118 valence electrons. The van der Waals surface area contributed by atoms with E-state index in [1.165, 1.54) is 12.8 Å². The molecular formula is C16H24ClNO2S. The van der Waals surface area contributed by atoms with Crippen LogP contribution in [0, 0.1) is 5.92 Å². The van der Waals surface area contributed by atoms with Gasteiger partial charge < -0.3 is 9.29 Å². The van der Waals surface area contributed by atoms with Crippen LogP contribution < -0.4 is 9.46 Å². The Balaban J connectivity index is 2.02. The molecule has 3 nitrogen and oxygen atoms in total. The van der Waals surface area contributed by atoms with Crippen LogP contribution in [0.2, 0.25) is 5.02 Å². The van der Waals surface area contributed by atoms with Crippen molar-refractivity contribution < 1.29 is 9.29 Å². The van der Waals surface area contributed by atoms with E-state index in [4.69, 9.17) is 16.3 Å². The summed E-state index contributed by atoms with van der Waals surface area (Å²) in [4.78, 5) is 0. The molecule has 1 N–H and O–H groups in total. The second kappa shape index (κ2) is 6.78. The monoisotopic (exact) mass is 329 g/mol. The van der Waals surface area contributed by atoms with Crippen molar-refractivity contribution >= 4 is 23.0 Å². The lowest BCUT2D eigenvalue weighted by Gasteiger charge is -2.26. The first-order valence-corrected chi connectivity index (χ1v) is 8.90. The maximum absolute atomic E-state index is 12.2. The fourth-order valence-electron chi connectivity index (χ4n) is 1.80. The van der Waals surface area contributed by atoms with Crippen molar-refractivity contribution in [2.45, 2.75) is 51.3 Å². The molecule has 0 aliphatic heterocycles. The first kappa shape index (κ1) is 16.9. The van der Waals surface area contributed by atoms with Gasteiger partial charge in [0.25, 0.3) is 0 Å². The molecule has 0 saturated heterocycles. The van der Waals surface area contributed by atoms with Crippen molar-refractivity contribution in [2.24, 2.45) is 5.92 Å². The van der Waals surface area contributed by atoms with Gasteiger partial charge in [0.15, 0.2) is 0 Å². The molecule has 1 aliphatic rings. The van der Waals surface area contributed by atoms with Crippen molar-refractivity contribution in [3.05, 3.63) is 28.8 Å². The van der Waals surface area contributed by atoms with Crippen LogP contribution in [-0.2, 0) is 11.4 Å². The van der Waals surface area contributed by atoms with Crippen LogP contribution in [0.1, 0.15) is 52.1 Å². The van der Waals surface area contributed by atoms with Gasteiger partial charge in [0.2, 0.25) is 0 Å². The maximum Gasteiger partial charge on any atom is 0.138 e. The van der Waals surface area contributed by atoms with E-state index in [1.54, 1.807) is 0 Å². The molecule has 1 aromatic carbocycles. The van der Waals surface area contributed by atoms with Crippen LogP contribution in [0.3, 0.4) is 0 Å². The largest absolute Gasteiger partial charge is 0.598 e. The van der Waals surface area contributed by atoms with Crippen LogP contribution in [0.25, 0.3) is 0 Å². The summed E-state index contributed by atoms with van der Waals surface area (Å²) in [5, 5.41) is 0.628. The number of rotatable bonds is 6. The third-order valence-electron chi connectivity index (χ3n) is 3.47. The SMILES string of the molecule is CC(N[S@@+]([O-])C(C)(C)C)c1ccc(Cl)c(OCC2CC2)c1. The summed E-state index contributed by atoms with van der Waals surface area (Å²) in [6.45, 7) is 8.59. The summed E-state index contributed by atoms with van der Waals surface area (Å²) in [6.07, 6.45) is 2.50. The van der Waals surface area contributed by atoms with Crippen molar-refractivity contribution in [1.29, 1.82) is 0 Å². The molecule has 1 aromatic rings. The Kier molecular flexibility index (Phi) is 5.47. The molecule has 2 rings (SSSR count). The lowest BCUT2D eigenvalue weighted by Crippen LogP contribution is -2.40. The average Bonchev–Trinajstić information content (AvgIpc) is 3.20. The van der Waals surface area contributed by atoms with Gasteiger partial charge in [0.05, 0.1) is 17.7 Å². The lowest BCUT2D eigenvalue weighted by molar-refractivity contribution is 0.299. The number of benzene rings is 1. The summed E-state index contributed by atoms with van der Waals surface area (Å²) in [6, 6.07) is 5.72. The predicted molar refractivity (Wildman–Crippen MR) is 89.1 cm³/mol. The number of hydrogen-bond acceptors (Lipinski definition) is 3. The van der Waals surface area contributed by atoms with E-state index < -0.39 is 11.4 Å². The number of halogens is 1. The molecule has 0 aromatic heterocycles. The molecule has 0 bridgehead atoms. The van der Waals surface area contributed by atoms with Crippen molar-refractivity contribution in [1.82, 2.24) is 4.72 Å². The van der Waals surface area contributed by atoms with Crippen molar-refractivity contribution in [2.75, 3.05) is 6.61 Å². The molecule has 1 saturated carbocycles.